The third kappa shape index (κ3) is 2.38. The number of rotatable bonds is 6. The fourth-order valence-corrected chi connectivity index (χ4v) is 2.64. The molecule has 1 aromatic rings. The minimum atomic E-state index is 0.932. The van der Waals surface area contributed by atoms with Crippen LogP contribution in [0.3, 0.4) is 0 Å². The molecule has 0 radical (unpaired) electrons. The molecule has 0 N–H and O–H groups in total. The molecule has 1 aliphatic rings. The van der Waals surface area contributed by atoms with E-state index in [0.29, 0.717) is 0 Å². The van der Waals surface area contributed by atoms with Crippen LogP contribution in [0.15, 0.2) is 55.7 Å². The van der Waals surface area contributed by atoms with Gasteiger partial charge in [-0.05, 0) is 47.9 Å². The molecule has 0 aliphatic heterocycles. The van der Waals surface area contributed by atoms with E-state index in [9.17, 15) is 0 Å². The monoisotopic (exact) mass is 236 g/mol. The Balaban J connectivity index is 2.45. The first-order valence-corrected chi connectivity index (χ1v) is 6.46. The van der Waals surface area contributed by atoms with Crippen molar-refractivity contribution in [3.63, 3.8) is 0 Å². The van der Waals surface area contributed by atoms with Gasteiger partial charge in [0.05, 0.1) is 0 Å². The van der Waals surface area contributed by atoms with Gasteiger partial charge in [0.15, 0.2) is 0 Å². The molecule has 0 nitrogen and oxygen atoms in total. The van der Waals surface area contributed by atoms with E-state index >= 15 is 0 Å². The first-order valence-electron chi connectivity index (χ1n) is 6.46. The van der Waals surface area contributed by atoms with E-state index in [0.717, 1.165) is 25.7 Å². The molecule has 0 aromatic heterocycles. The summed E-state index contributed by atoms with van der Waals surface area (Å²) in [6.45, 7) is 11.5. The van der Waals surface area contributed by atoms with Gasteiger partial charge in [-0.15, -0.1) is 19.7 Å². The summed E-state index contributed by atoms with van der Waals surface area (Å²) >= 11 is 0. The van der Waals surface area contributed by atoms with Crippen LogP contribution in [0.25, 0.3) is 6.08 Å². The second-order valence-corrected chi connectivity index (χ2v) is 4.73. The minimum absolute atomic E-state index is 0.932. The summed E-state index contributed by atoms with van der Waals surface area (Å²) in [4.78, 5) is 0. The zero-order valence-electron chi connectivity index (χ0n) is 10.9. The second-order valence-electron chi connectivity index (χ2n) is 4.73. The van der Waals surface area contributed by atoms with Crippen molar-refractivity contribution in [3.8, 4) is 0 Å². The normalized spacial score (nSPS) is 12.8. The lowest BCUT2D eigenvalue weighted by Gasteiger charge is -2.11. The zero-order chi connectivity index (χ0) is 13.0. The van der Waals surface area contributed by atoms with Crippen molar-refractivity contribution in [2.45, 2.75) is 25.7 Å². The lowest BCUT2D eigenvalue weighted by atomic mass is 9.93. The average molecular weight is 236 g/mol. The lowest BCUT2D eigenvalue weighted by Crippen LogP contribution is -1.97. The highest BCUT2D eigenvalue weighted by Crippen LogP contribution is 2.32. The van der Waals surface area contributed by atoms with Gasteiger partial charge in [0, 0.05) is 0 Å². The Morgan fingerprint density at radius 2 is 1.67 bits per heavy atom. The molecule has 0 heteroatoms. The van der Waals surface area contributed by atoms with Crippen LogP contribution in [-0.2, 0) is 19.3 Å². The van der Waals surface area contributed by atoms with Gasteiger partial charge in [0.2, 0.25) is 0 Å². The summed E-state index contributed by atoms with van der Waals surface area (Å²) in [5.41, 5.74) is 7.10. The Hall–Kier alpha value is -1.82. The smallest absolute Gasteiger partial charge is 0.00546 e. The van der Waals surface area contributed by atoms with Gasteiger partial charge in [0.1, 0.15) is 0 Å². The molecule has 0 unspecified atom stereocenters. The largest absolute Gasteiger partial charge is 0.103 e. The molecule has 0 saturated heterocycles. The Labute approximate surface area is 110 Å². The summed E-state index contributed by atoms with van der Waals surface area (Å²) in [5.74, 6) is 0. The summed E-state index contributed by atoms with van der Waals surface area (Å²) in [6, 6.07) is 4.50. The van der Waals surface area contributed by atoms with Crippen LogP contribution in [0, 0.1) is 0 Å². The fraction of sp³-hybridized carbons (Fsp3) is 0.222. The Kier molecular flexibility index (Phi) is 3.99. The summed E-state index contributed by atoms with van der Waals surface area (Å²) in [6.07, 6.45) is 12.2. The van der Waals surface area contributed by atoms with Gasteiger partial charge in [-0.2, -0.15) is 0 Å². The van der Waals surface area contributed by atoms with Gasteiger partial charge in [-0.25, -0.2) is 0 Å². The molecule has 0 amide bonds. The Morgan fingerprint density at radius 3 is 2.33 bits per heavy atom. The summed E-state index contributed by atoms with van der Waals surface area (Å²) < 4.78 is 0. The fourth-order valence-electron chi connectivity index (χ4n) is 2.64. The van der Waals surface area contributed by atoms with Crippen molar-refractivity contribution >= 4 is 6.08 Å². The van der Waals surface area contributed by atoms with Crippen molar-refractivity contribution in [2.24, 2.45) is 0 Å². The first-order chi connectivity index (χ1) is 8.80. The highest BCUT2D eigenvalue weighted by Gasteiger charge is 2.16. The Morgan fingerprint density at radius 1 is 0.944 bits per heavy atom. The number of hydrogen-bond donors (Lipinski definition) is 0. The molecule has 92 valence electrons. The molecule has 1 aliphatic carbocycles. The van der Waals surface area contributed by atoms with E-state index in [1.165, 1.54) is 27.8 Å². The van der Waals surface area contributed by atoms with Crippen LogP contribution in [0.1, 0.15) is 28.7 Å². The van der Waals surface area contributed by atoms with Crippen LogP contribution >= 0.6 is 0 Å². The van der Waals surface area contributed by atoms with E-state index in [1.807, 2.05) is 18.2 Å². The third-order valence-electron chi connectivity index (χ3n) is 3.43. The Bertz CT molecular complexity index is 515. The molecule has 1 aromatic carbocycles. The SMILES string of the molecule is C=CCC1=Cc2c(ccc(CC=C)c2CC=C)C1. The predicted octanol–water partition coefficient (Wildman–Crippen LogP) is 4.66. The second kappa shape index (κ2) is 5.68. The quantitative estimate of drug-likeness (QED) is 0.630. The van der Waals surface area contributed by atoms with E-state index in [4.69, 9.17) is 0 Å². The maximum absolute atomic E-state index is 3.88. The van der Waals surface area contributed by atoms with Crippen molar-refractivity contribution in [3.05, 3.63) is 77.9 Å². The van der Waals surface area contributed by atoms with Crippen molar-refractivity contribution in [1.29, 1.82) is 0 Å². The van der Waals surface area contributed by atoms with Gasteiger partial charge >= 0.3 is 0 Å². The average Bonchev–Trinajstić information content (AvgIpc) is 2.76. The summed E-state index contributed by atoms with van der Waals surface area (Å²) in [5, 5.41) is 0. The molecular weight excluding hydrogens is 216 g/mol. The number of fused-ring (bicyclic) bond motifs is 1. The summed E-state index contributed by atoms with van der Waals surface area (Å²) in [7, 11) is 0. The molecule has 0 heterocycles. The lowest BCUT2D eigenvalue weighted by molar-refractivity contribution is 1.09. The van der Waals surface area contributed by atoms with E-state index in [-0.39, 0.29) is 0 Å². The minimum Gasteiger partial charge on any atom is -0.103 e. The van der Waals surface area contributed by atoms with Crippen LogP contribution in [0.2, 0.25) is 0 Å². The molecular formula is C18H20. The van der Waals surface area contributed by atoms with Gasteiger partial charge < -0.3 is 0 Å². The first kappa shape index (κ1) is 12.6. The molecule has 0 saturated carbocycles. The van der Waals surface area contributed by atoms with Crippen LogP contribution in [0.5, 0.6) is 0 Å². The highest BCUT2D eigenvalue weighted by atomic mass is 14.2. The van der Waals surface area contributed by atoms with E-state index in [1.54, 1.807) is 0 Å². The zero-order valence-corrected chi connectivity index (χ0v) is 10.9. The molecule has 0 atom stereocenters. The van der Waals surface area contributed by atoms with Crippen LogP contribution < -0.4 is 0 Å². The molecule has 18 heavy (non-hydrogen) atoms. The molecule has 2 rings (SSSR count). The standard InChI is InChI=1S/C18H20/c1-4-7-14-12-16-11-10-15(8-5-2)17(9-6-3)18(16)13-14/h4-6,10-11,13H,1-3,7-9,12H2. The number of hydrogen-bond acceptors (Lipinski definition) is 0. The number of allylic oxidation sites excluding steroid dienone is 4. The van der Waals surface area contributed by atoms with Crippen molar-refractivity contribution < 1.29 is 0 Å². The topological polar surface area (TPSA) is 0 Å². The number of benzene rings is 1. The third-order valence-corrected chi connectivity index (χ3v) is 3.43. The molecule has 0 fully saturated rings. The molecule has 0 bridgehead atoms. The predicted molar refractivity (Wildman–Crippen MR) is 80.7 cm³/mol. The maximum atomic E-state index is 3.88. The van der Waals surface area contributed by atoms with Crippen LogP contribution in [0.4, 0.5) is 0 Å². The van der Waals surface area contributed by atoms with E-state index < -0.39 is 0 Å². The molecule has 0 spiro atoms. The van der Waals surface area contributed by atoms with Crippen LogP contribution in [-0.4, -0.2) is 0 Å². The van der Waals surface area contributed by atoms with Crippen molar-refractivity contribution in [1.82, 2.24) is 0 Å². The van der Waals surface area contributed by atoms with Crippen molar-refractivity contribution in [2.75, 3.05) is 0 Å². The van der Waals surface area contributed by atoms with Gasteiger partial charge in [-0.3, -0.25) is 0 Å². The maximum Gasteiger partial charge on any atom is -0.00546 e. The highest BCUT2D eigenvalue weighted by molar-refractivity contribution is 5.68. The van der Waals surface area contributed by atoms with Gasteiger partial charge in [-0.1, -0.05) is 42.0 Å². The van der Waals surface area contributed by atoms with Gasteiger partial charge in [0.25, 0.3) is 0 Å². The van der Waals surface area contributed by atoms with E-state index in [2.05, 4.69) is 37.9 Å².